The van der Waals surface area contributed by atoms with Crippen molar-refractivity contribution in [2.45, 2.75) is 52.7 Å². The molecule has 5 heteroatoms. The van der Waals surface area contributed by atoms with Gasteiger partial charge in [-0.1, -0.05) is 43.3 Å². The minimum absolute atomic E-state index is 0.0620. The van der Waals surface area contributed by atoms with Crippen molar-refractivity contribution in [2.24, 2.45) is 4.99 Å². The van der Waals surface area contributed by atoms with Crippen LogP contribution in [0.25, 0.3) is 0 Å². The van der Waals surface area contributed by atoms with Crippen LogP contribution in [-0.4, -0.2) is 24.5 Å². The zero-order valence-electron chi connectivity index (χ0n) is 17.6. The van der Waals surface area contributed by atoms with Crippen LogP contribution in [-0.2, 0) is 19.5 Å². The number of carbonyl (C=O) groups excluding carboxylic acids is 1. The summed E-state index contributed by atoms with van der Waals surface area (Å²) in [4.78, 5) is 16.7. The SMILES string of the molecule is CCc1ccccc1CNC(=NC)NCc1cccc(C(=O)NC(C)(C)C)c1. The third-order valence-corrected chi connectivity index (χ3v) is 4.31. The standard InChI is InChI=1S/C23H32N4O/c1-6-18-11-7-8-12-20(18)16-26-22(24-5)25-15-17-10-9-13-19(14-17)21(28)27-23(2,3)4/h7-14H,6,15-16H2,1-5H3,(H,27,28)(H2,24,25,26). The number of hydrogen-bond acceptors (Lipinski definition) is 2. The van der Waals surface area contributed by atoms with Crippen LogP contribution < -0.4 is 16.0 Å². The highest BCUT2D eigenvalue weighted by molar-refractivity contribution is 5.94. The van der Waals surface area contributed by atoms with Gasteiger partial charge in [0.05, 0.1) is 0 Å². The highest BCUT2D eigenvalue weighted by atomic mass is 16.1. The van der Waals surface area contributed by atoms with Crippen molar-refractivity contribution in [2.75, 3.05) is 7.05 Å². The van der Waals surface area contributed by atoms with Crippen LogP contribution in [0.5, 0.6) is 0 Å². The van der Waals surface area contributed by atoms with Crippen molar-refractivity contribution in [3.8, 4) is 0 Å². The van der Waals surface area contributed by atoms with Gasteiger partial charge in [0.2, 0.25) is 0 Å². The Morgan fingerprint density at radius 2 is 1.64 bits per heavy atom. The Kier molecular flexibility index (Phi) is 7.61. The Morgan fingerprint density at radius 1 is 0.964 bits per heavy atom. The smallest absolute Gasteiger partial charge is 0.251 e. The van der Waals surface area contributed by atoms with Crippen LogP contribution in [0.1, 0.15) is 54.7 Å². The lowest BCUT2D eigenvalue weighted by Gasteiger charge is -2.20. The van der Waals surface area contributed by atoms with Crippen molar-refractivity contribution in [1.29, 1.82) is 0 Å². The number of nitrogens with zero attached hydrogens (tertiary/aromatic N) is 1. The molecule has 0 spiro atoms. The number of aryl methyl sites for hydroxylation is 1. The molecule has 0 radical (unpaired) electrons. The molecule has 0 fully saturated rings. The van der Waals surface area contributed by atoms with E-state index < -0.39 is 0 Å². The monoisotopic (exact) mass is 380 g/mol. The van der Waals surface area contributed by atoms with Crippen molar-refractivity contribution in [3.05, 3.63) is 70.8 Å². The molecule has 0 unspecified atom stereocenters. The van der Waals surface area contributed by atoms with Gasteiger partial charge in [-0.15, -0.1) is 0 Å². The molecule has 0 saturated heterocycles. The van der Waals surface area contributed by atoms with Gasteiger partial charge < -0.3 is 16.0 Å². The van der Waals surface area contributed by atoms with Crippen LogP contribution in [0.3, 0.4) is 0 Å². The van der Waals surface area contributed by atoms with E-state index in [1.54, 1.807) is 7.05 Å². The molecule has 0 bridgehead atoms. The fourth-order valence-corrected chi connectivity index (χ4v) is 2.90. The van der Waals surface area contributed by atoms with Crippen LogP contribution in [0.15, 0.2) is 53.5 Å². The van der Waals surface area contributed by atoms with E-state index in [-0.39, 0.29) is 11.4 Å². The van der Waals surface area contributed by atoms with Crippen molar-refractivity contribution in [1.82, 2.24) is 16.0 Å². The summed E-state index contributed by atoms with van der Waals surface area (Å²) in [5, 5.41) is 9.67. The van der Waals surface area contributed by atoms with E-state index in [0.717, 1.165) is 24.5 Å². The molecule has 2 aromatic carbocycles. The van der Waals surface area contributed by atoms with Crippen LogP contribution >= 0.6 is 0 Å². The minimum Gasteiger partial charge on any atom is -0.352 e. The van der Waals surface area contributed by atoms with E-state index in [1.165, 1.54) is 11.1 Å². The third-order valence-electron chi connectivity index (χ3n) is 4.31. The first-order valence-corrected chi connectivity index (χ1v) is 9.75. The second-order valence-corrected chi connectivity index (χ2v) is 7.81. The van der Waals surface area contributed by atoms with Gasteiger partial charge in [-0.05, 0) is 56.0 Å². The maximum atomic E-state index is 12.4. The van der Waals surface area contributed by atoms with E-state index in [4.69, 9.17) is 0 Å². The Bertz CT molecular complexity index is 821. The number of carbonyl (C=O) groups is 1. The van der Waals surface area contributed by atoms with Gasteiger partial charge in [-0.25, -0.2) is 0 Å². The maximum absolute atomic E-state index is 12.4. The molecular formula is C23H32N4O. The summed E-state index contributed by atoms with van der Waals surface area (Å²) in [6.45, 7) is 9.39. The highest BCUT2D eigenvalue weighted by Crippen LogP contribution is 2.10. The summed E-state index contributed by atoms with van der Waals surface area (Å²) < 4.78 is 0. The number of benzene rings is 2. The molecule has 1 amide bonds. The molecule has 0 saturated carbocycles. The van der Waals surface area contributed by atoms with Crippen LogP contribution in [0.2, 0.25) is 0 Å². The molecule has 2 rings (SSSR count). The van der Waals surface area contributed by atoms with Crippen LogP contribution in [0.4, 0.5) is 0 Å². The molecule has 0 atom stereocenters. The second kappa shape index (κ2) is 9.93. The second-order valence-electron chi connectivity index (χ2n) is 7.81. The maximum Gasteiger partial charge on any atom is 0.251 e. The number of guanidine groups is 1. The first-order valence-electron chi connectivity index (χ1n) is 9.75. The summed E-state index contributed by atoms with van der Waals surface area (Å²) in [6.07, 6.45) is 1.01. The highest BCUT2D eigenvalue weighted by Gasteiger charge is 2.15. The predicted molar refractivity (Wildman–Crippen MR) is 117 cm³/mol. The average Bonchev–Trinajstić information content (AvgIpc) is 2.67. The van der Waals surface area contributed by atoms with E-state index in [2.05, 4.69) is 52.1 Å². The molecule has 0 aliphatic rings. The minimum atomic E-state index is -0.258. The zero-order valence-corrected chi connectivity index (χ0v) is 17.6. The summed E-state index contributed by atoms with van der Waals surface area (Å²) >= 11 is 0. The Morgan fingerprint density at radius 3 is 2.29 bits per heavy atom. The van der Waals surface area contributed by atoms with Crippen molar-refractivity contribution in [3.63, 3.8) is 0 Å². The molecule has 150 valence electrons. The van der Waals surface area contributed by atoms with Gasteiger partial charge in [0.15, 0.2) is 5.96 Å². The van der Waals surface area contributed by atoms with E-state index >= 15 is 0 Å². The molecule has 3 N–H and O–H groups in total. The fraction of sp³-hybridized carbons (Fsp3) is 0.391. The molecule has 0 aliphatic carbocycles. The van der Waals surface area contributed by atoms with Crippen LogP contribution in [0, 0.1) is 0 Å². The molecule has 0 heterocycles. The zero-order chi connectivity index (χ0) is 20.6. The summed E-state index contributed by atoms with van der Waals surface area (Å²) in [7, 11) is 1.76. The Labute approximate surface area is 168 Å². The normalized spacial score (nSPS) is 11.8. The fourth-order valence-electron chi connectivity index (χ4n) is 2.90. The van der Waals surface area contributed by atoms with Gasteiger partial charge in [-0.2, -0.15) is 0 Å². The van der Waals surface area contributed by atoms with Gasteiger partial charge in [0.25, 0.3) is 5.91 Å². The molecule has 2 aromatic rings. The third kappa shape index (κ3) is 6.72. The predicted octanol–water partition coefficient (Wildman–Crippen LogP) is 3.64. The van der Waals surface area contributed by atoms with E-state index in [9.17, 15) is 4.79 Å². The quantitative estimate of drug-likeness (QED) is 0.529. The number of nitrogens with one attached hydrogen (secondary N) is 3. The largest absolute Gasteiger partial charge is 0.352 e. The number of rotatable bonds is 6. The van der Waals surface area contributed by atoms with E-state index in [0.29, 0.717) is 12.1 Å². The first kappa shape index (κ1) is 21.5. The van der Waals surface area contributed by atoms with Crippen molar-refractivity contribution < 1.29 is 4.79 Å². The lowest BCUT2D eigenvalue weighted by Crippen LogP contribution is -2.40. The molecule has 28 heavy (non-hydrogen) atoms. The molecule has 0 aliphatic heterocycles. The lowest BCUT2D eigenvalue weighted by atomic mass is 10.1. The van der Waals surface area contributed by atoms with Crippen molar-refractivity contribution >= 4 is 11.9 Å². The molecule has 0 aromatic heterocycles. The number of hydrogen-bond donors (Lipinski definition) is 3. The molecule has 5 nitrogen and oxygen atoms in total. The first-order chi connectivity index (χ1) is 13.3. The summed E-state index contributed by atoms with van der Waals surface area (Å²) in [6, 6.07) is 16.1. The summed E-state index contributed by atoms with van der Waals surface area (Å²) in [5.41, 5.74) is 4.04. The van der Waals surface area contributed by atoms with Gasteiger partial charge >= 0.3 is 0 Å². The Balaban J connectivity index is 1.94. The van der Waals surface area contributed by atoms with Gasteiger partial charge in [0.1, 0.15) is 0 Å². The average molecular weight is 381 g/mol. The number of amides is 1. The van der Waals surface area contributed by atoms with E-state index in [1.807, 2.05) is 45.0 Å². The van der Waals surface area contributed by atoms with Gasteiger partial charge in [0, 0.05) is 31.2 Å². The topological polar surface area (TPSA) is 65.5 Å². The van der Waals surface area contributed by atoms with Gasteiger partial charge in [-0.3, -0.25) is 9.79 Å². The number of aliphatic imine (C=N–C) groups is 1. The summed E-state index contributed by atoms with van der Waals surface area (Å²) in [5.74, 6) is 0.670. The lowest BCUT2D eigenvalue weighted by molar-refractivity contribution is 0.0919. The molecular weight excluding hydrogens is 348 g/mol. The Hall–Kier alpha value is -2.82.